The number of aromatic nitrogens is 2. The van der Waals surface area contributed by atoms with Crippen molar-refractivity contribution in [3.8, 4) is 11.4 Å². The number of rotatable bonds is 8. The molecule has 0 radical (unpaired) electrons. The number of likely N-dealkylation sites (N-methyl/N-ethyl adjacent to an activating group) is 1. The molecule has 4 rings (SSSR count). The van der Waals surface area contributed by atoms with Gasteiger partial charge < -0.3 is 24.4 Å². The third-order valence-electron chi connectivity index (χ3n) is 6.39. The van der Waals surface area contributed by atoms with Crippen LogP contribution in [0, 0.1) is 24.0 Å². The van der Waals surface area contributed by atoms with Crippen molar-refractivity contribution < 1.29 is 9.66 Å². The number of aryl methyl sites for hydroxylation is 1. The zero-order chi connectivity index (χ0) is 25.3. The lowest BCUT2D eigenvalue weighted by Crippen LogP contribution is -2.35. The highest BCUT2D eigenvalue weighted by Crippen LogP contribution is 2.42. The zero-order valence-corrected chi connectivity index (χ0v) is 21.4. The number of hydrogen-bond donors (Lipinski definition) is 1. The minimum Gasteiger partial charge on any atom is -0.494 e. The van der Waals surface area contributed by atoms with Gasteiger partial charge in [0.1, 0.15) is 5.75 Å². The summed E-state index contributed by atoms with van der Waals surface area (Å²) >= 11 is 5.78. The molecule has 1 saturated heterocycles. The third-order valence-corrected chi connectivity index (χ3v) is 6.74. The summed E-state index contributed by atoms with van der Waals surface area (Å²) < 4.78 is 7.63. The van der Waals surface area contributed by atoms with Crippen LogP contribution in [0.2, 0.25) is 0 Å². The average molecular weight is 495 g/mol. The molecule has 3 heterocycles. The lowest BCUT2D eigenvalue weighted by atomic mass is 9.96. The SMILES string of the molecule is COc1cc([N+](=O)[O-])ccc1-n1c(C)cc([C@H]2[C@H](c3ccccn3)NC(=S)N2CCN(C)C)c1C. The number of nitro benzene ring substituents is 1. The van der Waals surface area contributed by atoms with Crippen molar-refractivity contribution >= 4 is 23.0 Å². The fourth-order valence-electron chi connectivity index (χ4n) is 4.71. The Morgan fingerprint density at radius 1 is 1.23 bits per heavy atom. The first kappa shape index (κ1) is 24.6. The van der Waals surface area contributed by atoms with E-state index in [1.165, 1.54) is 19.2 Å². The van der Waals surface area contributed by atoms with Gasteiger partial charge >= 0.3 is 0 Å². The first-order valence-corrected chi connectivity index (χ1v) is 11.8. The normalized spacial score (nSPS) is 17.7. The summed E-state index contributed by atoms with van der Waals surface area (Å²) in [6.07, 6.45) is 1.80. The van der Waals surface area contributed by atoms with E-state index in [1.54, 1.807) is 12.3 Å². The van der Waals surface area contributed by atoms with Gasteiger partial charge in [0.05, 0.1) is 41.6 Å². The number of benzene rings is 1. The fourth-order valence-corrected chi connectivity index (χ4v) is 5.05. The van der Waals surface area contributed by atoms with E-state index in [0.717, 1.165) is 41.4 Å². The zero-order valence-electron chi connectivity index (χ0n) is 20.6. The summed E-state index contributed by atoms with van der Waals surface area (Å²) in [4.78, 5) is 19.9. The van der Waals surface area contributed by atoms with Crippen LogP contribution in [-0.4, -0.2) is 63.7 Å². The van der Waals surface area contributed by atoms with Crippen LogP contribution >= 0.6 is 12.2 Å². The highest BCUT2D eigenvalue weighted by molar-refractivity contribution is 7.80. The van der Waals surface area contributed by atoms with Crippen LogP contribution in [0.4, 0.5) is 5.69 Å². The topological polar surface area (TPSA) is 88.7 Å². The number of thiocarbonyl (C=S) groups is 1. The molecule has 1 aliphatic heterocycles. The molecule has 0 aliphatic carbocycles. The molecule has 0 amide bonds. The molecule has 0 spiro atoms. The Morgan fingerprint density at radius 3 is 2.63 bits per heavy atom. The Hall–Kier alpha value is -3.50. The van der Waals surface area contributed by atoms with Crippen molar-refractivity contribution in [3.05, 3.63) is 81.4 Å². The smallest absolute Gasteiger partial charge is 0.273 e. The molecule has 3 aromatic rings. The van der Waals surface area contributed by atoms with E-state index in [9.17, 15) is 10.1 Å². The minimum atomic E-state index is -0.418. The van der Waals surface area contributed by atoms with Crippen molar-refractivity contribution in [3.63, 3.8) is 0 Å². The van der Waals surface area contributed by atoms with Gasteiger partial charge in [-0.05, 0) is 70.0 Å². The summed E-state index contributed by atoms with van der Waals surface area (Å²) in [5.41, 5.74) is 4.79. The first-order chi connectivity index (χ1) is 16.7. The van der Waals surface area contributed by atoms with Gasteiger partial charge in [-0.15, -0.1) is 0 Å². The van der Waals surface area contributed by atoms with Gasteiger partial charge in [0.15, 0.2) is 5.11 Å². The van der Waals surface area contributed by atoms with E-state index in [2.05, 4.69) is 37.7 Å². The lowest BCUT2D eigenvalue weighted by molar-refractivity contribution is -0.384. The van der Waals surface area contributed by atoms with Gasteiger partial charge in [0.25, 0.3) is 5.69 Å². The fraction of sp³-hybridized carbons (Fsp3) is 0.360. The molecule has 0 unspecified atom stereocenters. The van der Waals surface area contributed by atoms with Crippen molar-refractivity contribution in [2.75, 3.05) is 34.3 Å². The summed E-state index contributed by atoms with van der Waals surface area (Å²) in [6.45, 7) is 5.70. The maximum atomic E-state index is 11.3. The molecule has 0 saturated carbocycles. The summed E-state index contributed by atoms with van der Waals surface area (Å²) in [6, 6.07) is 12.6. The number of pyridine rings is 1. The van der Waals surface area contributed by atoms with E-state index in [1.807, 2.05) is 39.2 Å². The maximum Gasteiger partial charge on any atom is 0.273 e. The Morgan fingerprint density at radius 2 is 2.00 bits per heavy atom. The molecule has 1 aromatic carbocycles. The lowest BCUT2D eigenvalue weighted by Gasteiger charge is -2.29. The molecule has 2 aromatic heterocycles. The van der Waals surface area contributed by atoms with Crippen LogP contribution in [0.1, 0.15) is 34.7 Å². The van der Waals surface area contributed by atoms with Crippen LogP contribution in [0.5, 0.6) is 5.75 Å². The second kappa shape index (κ2) is 10.0. The highest BCUT2D eigenvalue weighted by atomic mass is 32.1. The predicted molar refractivity (Wildman–Crippen MR) is 139 cm³/mol. The molecule has 10 heteroatoms. The van der Waals surface area contributed by atoms with E-state index >= 15 is 0 Å². The third kappa shape index (κ3) is 4.71. The predicted octanol–water partition coefficient (Wildman–Crippen LogP) is 3.94. The van der Waals surface area contributed by atoms with Gasteiger partial charge in [0, 0.05) is 36.7 Å². The quantitative estimate of drug-likeness (QED) is 0.286. The second-order valence-electron chi connectivity index (χ2n) is 8.90. The van der Waals surface area contributed by atoms with Crippen molar-refractivity contribution in [2.24, 2.45) is 0 Å². The number of methoxy groups -OCH3 is 1. The molecular formula is C25H30N6O3S. The Bertz CT molecular complexity index is 1240. The molecule has 9 nitrogen and oxygen atoms in total. The van der Waals surface area contributed by atoms with E-state index < -0.39 is 4.92 Å². The number of nitrogens with zero attached hydrogens (tertiary/aromatic N) is 5. The summed E-state index contributed by atoms with van der Waals surface area (Å²) in [5.74, 6) is 0.443. The first-order valence-electron chi connectivity index (χ1n) is 11.4. The molecule has 2 atom stereocenters. The molecule has 1 fully saturated rings. The van der Waals surface area contributed by atoms with Crippen LogP contribution in [0.15, 0.2) is 48.7 Å². The van der Waals surface area contributed by atoms with Crippen LogP contribution in [0.25, 0.3) is 5.69 Å². The van der Waals surface area contributed by atoms with Gasteiger partial charge in [-0.1, -0.05) is 6.07 Å². The van der Waals surface area contributed by atoms with Gasteiger partial charge in [0.2, 0.25) is 0 Å². The van der Waals surface area contributed by atoms with E-state index in [0.29, 0.717) is 10.9 Å². The number of nitrogens with one attached hydrogen (secondary N) is 1. The van der Waals surface area contributed by atoms with Crippen LogP contribution < -0.4 is 10.1 Å². The maximum absolute atomic E-state index is 11.3. The van der Waals surface area contributed by atoms with E-state index in [-0.39, 0.29) is 17.8 Å². The van der Waals surface area contributed by atoms with Crippen LogP contribution in [0.3, 0.4) is 0 Å². The average Bonchev–Trinajstić information content (AvgIpc) is 3.32. The Labute approximate surface area is 210 Å². The van der Waals surface area contributed by atoms with Crippen molar-refractivity contribution in [1.82, 2.24) is 24.7 Å². The number of hydrogen-bond acceptors (Lipinski definition) is 6. The van der Waals surface area contributed by atoms with Gasteiger partial charge in [-0.2, -0.15) is 0 Å². The largest absolute Gasteiger partial charge is 0.494 e. The highest BCUT2D eigenvalue weighted by Gasteiger charge is 2.41. The minimum absolute atomic E-state index is 0.0105. The molecule has 1 aliphatic rings. The Kier molecular flexibility index (Phi) is 7.04. The van der Waals surface area contributed by atoms with Gasteiger partial charge in [-0.25, -0.2) is 0 Å². The summed E-state index contributed by atoms with van der Waals surface area (Å²) in [5, 5.41) is 15.5. The molecule has 184 valence electrons. The summed E-state index contributed by atoms with van der Waals surface area (Å²) in [7, 11) is 5.62. The van der Waals surface area contributed by atoms with E-state index in [4.69, 9.17) is 17.0 Å². The van der Waals surface area contributed by atoms with Crippen LogP contribution in [-0.2, 0) is 0 Å². The van der Waals surface area contributed by atoms with Crippen molar-refractivity contribution in [2.45, 2.75) is 25.9 Å². The number of nitro groups is 1. The van der Waals surface area contributed by atoms with Gasteiger partial charge in [-0.3, -0.25) is 15.1 Å². The Balaban J connectivity index is 1.83. The number of ether oxygens (including phenoxy) is 1. The standard InChI is InChI=1S/C25H30N6O3S/c1-16-14-19(17(2)30(16)21-10-9-18(31(32)33)15-22(21)34-5)24-23(20-8-6-7-11-26-20)27-25(35)29(24)13-12-28(3)4/h6-11,14-15,23-24H,12-13H2,1-5H3,(H,27,35)/t23-,24-/m0/s1. The molecule has 0 bridgehead atoms. The molecule has 35 heavy (non-hydrogen) atoms. The monoisotopic (exact) mass is 494 g/mol. The molecular weight excluding hydrogens is 464 g/mol. The number of non-ortho nitro benzene ring substituents is 1. The van der Waals surface area contributed by atoms with Crippen molar-refractivity contribution in [1.29, 1.82) is 0 Å². The second-order valence-corrected chi connectivity index (χ2v) is 9.29. The molecule has 1 N–H and O–H groups in total.